The van der Waals surface area contributed by atoms with Gasteiger partial charge in [0.05, 0.1) is 0 Å². The third-order valence-electron chi connectivity index (χ3n) is 3.32. The topological polar surface area (TPSA) is 75.4 Å². The summed E-state index contributed by atoms with van der Waals surface area (Å²) in [6.07, 6.45) is 0. The van der Waals surface area contributed by atoms with Crippen LogP contribution in [-0.2, 0) is 4.79 Å². The number of carbonyl (C=O) groups excluding carboxylic acids is 2. The quantitative estimate of drug-likeness (QED) is 0.886. The molecule has 3 N–H and O–H groups in total. The van der Waals surface area contributed by atoms with Gasteiger partial charge in [-0.1, -0.05) is 30.3 Å². The summed E-state index contributed by atoms with van der Waals surface area (Å²) in [5.41, 5.74) is 7.14. The molecule has 1 unspecified atom stereocenters. The van der Waals surface area contributed by atoms with Gasteiger partial charge in [0.15, 0.2) is 0 Å². The first-order valence-corrected chi connectivity index (χ1v) is 6.91. The maximum atomic E-state index is 12.5. The standard InChI is InChI=1S/C17H19N3O2/c1-20(2)15(12-6-4-3-5-7-12)17(22)19-14-10-8-13(9-11-14)16(18)21/h3-11,15H,1-2H3,(H2,18,21)(H,19,22). The van der Waals surface area contributed by atoms with Crippen molar-refractivity contribution in [3.8, 4) is 0 Å². The van der Waals surface area contributed by atoms with Gasteiger partial charge in [0, 0.05) is 11.3 Å². The molecule has 0 aliphatic heterocycles. The summed E-state index contributed by atoms with van der Waals surface area (Å²) >= 11 is 0. The number of benzene rings is 2. The minimum absolute atomic E-state index is 0.136. The highest BCUT2D eigenvalue weighted by molar-refractivity contribution is 5.97. The third kappa shape index (κ3) is 3.71. The van der Waals surface area contributed by atoms with E-state index in [0.717, 1.165) is 5.56 Å². The number of amides is 2. The first-order valence-electron chi connectivity index (χ1n) is 6.91. The summed E-state index contributed by atoms with van der Waals surface area (Å²) in [5, 5.41) is 2.86. The molecule has 2 rings (SSSR count). The molecular formula is C17H19N3O2. The van der Waals surface area contributed by atoms with Crippen molar-refractivity contribution in [3.63, 3.8) is 0 Å². The molecule has 5 nitrogen and oxygen atoms in total. The van der Waals surface area contributed by atoms with E-state index in [0.29, 0.717) is 11.3 Å². The van der Waals surface area contributed by atoms with E-state index in [2.05, 4.69) is 5.32 Å². The molecule has 1 atom stereocenters. The highest BCUT2D eigenvalue weighted by atomic mass is 16.2. The molecule has 0 aromatic heterocycles. The second-order valence-corrected chi connectivity index (χ2v) is 5.21. The average molecular weight is 297 g/mol. The lowest BCUT2D eigenvalue weighted by Crippen LogP contribution is -2.32. The number of primary amides is 1. The number of hydrogen-bond donors (Lipinski definition) is 2. The summed E-state index contributed by atoms with van der Waals surface area (Å²) in [4.78, 5) is 25.4. The van der Waals surface area contributed by atoms with Gasteiger partial charge < -0.3 is 11.1 Å². The molecule has 0 fully saturated rings. The van der Waals surface area contributed by atoms with E-state index in [9.17, 15) is 9.59 Å². The Labute approximate surface area is 129 Å². The lowest BCUT2D eigenvalue weighted by atomic mass is 10.1. The number of rotatable bonds is 5. The lowest BCUT2D eigenvalue weighted by molar-refractivity contribution is -0.120. The van der Waals surface area contributed by atoms with Gasteiger partial charge >= 0.3 is 0 Å². The smallest absolute Gasteiger partial charge is 0.248 e. The predicted molar refractivity (Wildman–Crippen MR) is 86.5 cm³/mol. The Morgan fingerprint density at radius 3 is 2.09 bits per heavy atom. The average Bonchev–Trinajstić information content (AvgIpc) is 2.48. The Kier molecular flexibility index (Phi) is 4.91. The van der Waals surface area contributed by atoms with Gasteiger partial charge in [0.1, 0.15) is 6.04 Å². The molecule has 0 radical (unpaired) electrons. The van der Waals surface area contributed by atoms with Crippen LogP contribution in [-0.4, -0.2) is 30.8 Å². The number of carbonyl (C=O) groups is 2. The predicted octanol–water partition coefficient (Wildman–Crippen LogP) is 2.03. The van der Waals surface area contributed by atoms with E-state index in [1.807, 2.05) is 49.3 Å². The van der Waals surface area contributed by atoms with Crippen LogP contribution < -0.4 is 11.1 Å². The monoisotopic (exact) mass is 297 g/mol. The zero-order valence-electron chi connectivity index (χ0n) is 12.6. The van der Waals surface area contributed by atoms with Crippen LogP contribution in [0.15, 0.2) is 54.6 Å². The van der Waals surface area contributed by atoms with E-state index >= 15 is 0 Å². The normalized spacial score (nSPS) is 12.0. The molecule has 114 valence electrons. The fourth-order valence-corrected chi connectivity index (χ4v) is 2.25. The largest absolute Gasteiger partial charge is 0.366 e. The van der Waals surface area contributed by atoms with Gasteiger partial charge in [-0.05, 0) is 43.9 Å². The van der Waals surface area contributed by atoms with E-state index in [1.54, 1.807) is 24.3 Å². The Bertz CT molecular complexity index is 651. The lowest BCUT2D eigenvalue weighted by Gasteiger charge is -2.23. The fraction of sp³-hybridized carbons (Fsp3) is 0.176. The van der Waals surface area contributed by atoms with Crippen LogP contribution in [0.4, 0.5) is 5.69 Å². The molecule has 0 bridgehead atoms. The number of nitrogens with one attached hydrogen (secondary N) is 1. The summed E-state index contributed by atoms with van der Waals surface area (Å²) in [5.74, 6) is -0.628. The van der Waals surface area contributed by atoms with Gasteiger partial charge in [-0.3, -0.25) is 14.5 Å². The van der Waals surface area contributed by atoms with Crippen LogP contribution in [0.1, 0.15) is 22.0 Å². The minimum atomic E-state index is -0.492. The molecular weight excluding hydrogens is 278 g/mol. The number of likely N-dealkylation sites (N-methyl/N-ethyl adjacent to an activating group) is 1. The molecule has 22 heavy (non-hydrogen) atoms. The number of nitrogens with two attached hydrogens (primary N) is 1. The van der Waals surface area contributed by atoms with E-state index in [4.69, 9.17) is 5.73 Å². The van der Waals surface area contributed by atoms with Crippen molar-refractivity contribution in [1.82, 2.24) is 4.90 Å². The Balaban J connectivity index is 2.16. The molecule has 0 aliphatic carbocycles. The van der Waals surface area contributed by atoms with Gasteiger partial charge in [-0.15, -0.1) is 0 Å². The van der Waals surface area contributed by atoms with Crippen molar-refractivity contribution in [3.05, 3.63) is 65.7 Å². The second kappa shape index (κ2) is 6.87. The van der Waals surface area contributed by atoms with E-state index < -0.39 is 11.9 Å². The fourth-order valence-electron chi connectivity index (χ4n) is 2.25. The summed E-state index contributed by atoms with van der Waals surface area (Å²) in [6, 6.07) is 15.7. The van der Waals surface area contributed by atoms with Crippen LogP contribution in [0.2, 0.25) is 0 Å². The third-order valence-corrected chi connectivity index (χ3v) is 3.32. The van der Waals surface area contributed by atoms with Crippen LogP contribution in [0.5, 0.6) is 0 Å². The molecule has 0 saturated heterocycles. The van der Waals surface area contributed by atoms with Crippen LogP contribution in [0.25, 0.3) is 0 Å². The summed E-state index contributed by atoms with van der Waals surface area (Å²) in [6.45, 7) is 0. The molecule has 2 aromatic carbocycles. The zero-order valence-corrected chi connectivity index (χ0v) is 12.6. The molecule has 2 amide bonds. The van der Waals surface area contributed by atoms with Gasteiger partial charge in [-0.25, -0.2) is 0 Å². The van der Waals surface area contributed by atoms with Crippen molar-refractivity contribution < 1.29 is 9.59 Å². The van der Waals surface area contributed by atoms with Gasteiger partial charge in [0.25, 0.3) is 0 Å². The summed E-state index contributed by atoms with van der Waals surface area (Å²) in [7, 11) is 3.71. The van der Waals surface area contributed by atoms with Gasteiger partial charge in [0.2, 0.25) is 11.8 Å². The van der Waals surface area contributed by atoms with E-state index in [1.165, 1.54) is 0 Å². The molecule has 0 spiro atoms. The maximum Gasteiger partial charge on any atom is 0.248 e. The Morgan fingerprint density at radius 1 is 1.00 bits per heavy atom. The Morgan fingerprint density at radius 2 is 1.59 bits per heavy atom. The van der Waals surface area contributed by atoms with Crippen molar-refractivity contribution in [2.45, 2.75) is 6.04 Å². The van der Waals surface area contributed by atoms with Crippen molar-refractivity contribution in [1.29, 1.82) is 0 Å². The number of hydrogen-bond acceptors (Lipinski definition) is 3. The summed E-state index contributed by atoms with van der Waals surface area (Å²) < 4.78 is 0. The van der Waals surface area contributed by atoms with Crippen LogP contribution >= 0.6 is 0 Å². The van der Waals surface area contributed by atoms with E-state index in [-0.39, 0.29) is 5.91 Å². The number of anilines is 1. The minimum Gasteiger partial charge on any atom is -0.366 e. The van der Waals surface area contributed by atoms with Crippen molar-refractivity contribution in [2.75, 3.05) is 19.4 Å². The highest BCUT2D eigenvalue weighted by Gasteiger charge is 2.22. The zero-order chi connectivity index (χ0) is 16.1. The molecule has 0 saturated carbocycles. The second-order valence-electron chi connectivity index (χ2n) is 5.21. The first kappa shape index (κ1) is 15.7. The maximum absolute atomic E-state index is 12.5. The first-order chi connectivity index (χ1) is 10.5. The number of nitrogens with zero attached hydrogens (tertiary/aromatic N) is 1. The molecule has 0 heterocycles. The highest BCUT2D eigenvalue weighted by Crippen LogP contribution is 2.20. The van der Waals surface area contributed by atoms with Crippen LogP contribution in [0.3, 0.4) is 0 Å². The van der Waals surface area contributed by atoms with Crippen molar-refractivity contribution >= 4 is 17.5 Å². The molecule has 0 aliphatic rings. The van der Waals surface area contributed by atoms with Crippen LogP contribution in [0, 0.1) is 0 Å². The van der Waals surface area contributed by atoms with Crippen molar-refractivity contribution in [2.24, 2.45) is 5.73 Å². The molecule has 2 aromatic rings. The SMILES string of the molecule is CN(C)C(C(=O)Nc1ccc(C(N)=O)cc1)c1ccccc1. The molecule has 5 heteroatoms. The van der Waals surface area contributed by atoms with Gasteiger partial charge in [-0.2, -0.15) is 0 Å². The Hall–Kier alpha value is -2.66.